The van der Waals surface area contributed by atoms with Crippen molar-refractivity contribution in [1.82, 2.24) is 10.2 Å². The van der Waals surface area contributed by atoms with E-state index >= 15 is 0 Å². The molecule has 0 saturated heterocycles. The second kappa shape index (κ2) is 13.1. The molecule has 1 fully saturated rings. The Bertz CT molecular complexity index is 1200. The van der Waals surface area contributed by atoms with E-state index in [9.17, 15) is 14.0 Å². The smallest absolute Gasteiger partial charge is 0.261 e. The van der Waals surface area contributed by atoms with E-state index in [0.29, 0.717) is 22.8 Å². The number of nitrogens with zero attached hydrogens (tertiary/aromatic N) is 1. The third kappa shape index (κ3) is 7.79. The Hall–Kier alpha value is -2.90. The minimum atomic E-state index is -0.774. The first-order chi connectivity index (χ1) is 17.9. The van der Waals surface area contributed by atoms with Crippen LogP contribution < -0.4 is 10.1 Å². The third-order valence-corrected chi connectivity index (χ3v) is 7.27. The van der Waals surface area contributed by atoms with Crippen LogP contribution in [0.4, 0.5) is 4.39 Å². The fourth-order valence-corrected chi connectivity index (χ4v) is 5.25. The Balaban J connectivity index is 1.61. The summed E-state index contributed by atoms with van der Waals surface area (Å²) in [6, 6.07) is 20.0. The number of rotatable bonds is 10. The van der Waals surface area contributed by atoms with Crippen LogP contribution in [0, 0.1) is 5.82 Å². The predicted octanol–water partition coefficient (Wildman–Crippen LogP) is 6.32. The maximum Gasteiger partial charge on any atom is 0.261 e. The molecule has 1 unspecified atom stereocenters. The summed E-state index contributed by atoms with van der Waals surface area (Å²) in [5.74, 6) is -0.566. The standard InChI is InChI=1S/C29H29BrClFN2O3/c30-22-12-15-27(25(31)17-22)37-19-28(35)34(18-21-10-13-23(32)14-11-21)26(16-20-6-2-1-3-7-20)29(36)33-24-8-4-5-9-24/h1-3,6-7,10-15,17,24,26H,4-5,8-9,16,18-19H2,(H,33,36). The Kier molecular flexibility index (Phi) is 9.58. The zero-order valence-electron chi connectivity index (χ0n) is 20.3. The number of carbonyl (C=O) groups is 2. The number of nitrogens with one attached hydrogen (secondary N) is 1. The molecule has 0 radical (unpaired) electrons. The largest absolute Gasteiger partial charge is 0.482 e. The molecular weight excluding hydrogens is 559 g/mol. The molecule has 0 heterocycles. The zero-order chi connectivity index (χ0) is 26.2. The van der Waals surface area contributed by atoms with E-state index in [1.54, 1.807) is 30.3 Å². The van der Waals surface area contributed by atoms with Crippen LogP contribution in [0.2, 0.25) is 5.02 Å². The second-order valence-corrected chi connectivity index (χ2v) is 10.5. The molecule has 1 aliphatic carbocycles. The van der Waals surface area contributed by atoms with Crippen molar-refractivity contribution in [2.45, 2.75) is 50.7 Å². The fourth-order valence-electron chi connectivity index (χ4n) is 4.52. The molecule has 1 atom stereocenters. The van der Waals surface area contributed by atoms with Crippen molar-refractivity contribution in [3.8, 4) is 5.75 Å². The van der Waals surface area contributed by atoms with Gasteiger partial charge in [0.2, 0.25) is 5.91 Å². The molecule has 1 saturated carbocycles. The van der Waals surface area contributed by atoms with E-state index in [2.05, 4.69) is 21.2 Å². The minimum absolute atomic E-state index is 0.103. The summed E-state index contributed by atoms with van der Waals surface area (Å²) in [5.41, 5.74) is 1.64. The summed E-state index contributed by atoms with van der Waals surface area (Å²) in [5, 5.41) is 3.53. The highest BCUT2D eigenvalue weighted by atomic mass is 79.9. The van der Waals surface area contributed by atoms with E-state index in [0.717, 1.165) is 35.7 Å². The molecule has 194 valence electrons. The van der Waals surface area contributed by atoms with E-state index in [1.165, 1.54) is 17.0 Å². The van der Waals surface area contributed by atoms with Crippen molar-refractivity contribution < 1.29 is 18.7 Å². The molecular formula is C29H29BrClFN2O3. The van der Waals surface area contributed by atoms with E-state index in [4.69, 9.17) is 16.3 Å². The van der Waals surface area contributed by atoms with Crippen LogP contribution in [-0.2, 0) is 22.6 Å². The number of carbonyl (C=O) groups excluding carboxylic acids is 2. The highest BCUT2D eigenvalue weighted by Gasteiger charge is 2.32. The highest BCUT2D eigenvalue weighted by Crippen LogP contribution is 2.28. The van der Waals surface area contributed by atoms with Gasteiger partial charge in [0.05, 0.1) is 5.02 Å². The number of hydrogen-bond donors (Lipinski definition) is 1. The van der Waals surface area contributed by atoms with Crippen LogP contribution in [0.15, 0.2) is 77.3 Å². The lowest BCUT2D eigenvalue weighted by atomic mass is 10.0. The van der Waals surface area contributed by atoms with Gasteiger partial charge in [-0.3, -0.25) is 9.59 Å². The normalized spacial score (nSPS) is 14.2. The first kappa shape index (κ1) is 27.1. The van der Waals surface area contributed by atoms with Crippen LogP contribution in [0.3, 0.4) is 0 Å². The minimum Gasteiger partial charge on any atom is -0.482 e. The summed E-state index contributed by atoms with van der Waals surface area (Å²) in [6.45, 7) is -0.170. The average molecular weight is 588 g/mol. The molecule has 2 amide bonds. The van der Waals surface area contributed by atoms with Crippen molar-refractivity contribution in [1.29, 1.82) is 0 Å². The van der Waals surface area contributed by atoms with Crippen molar-refractivity contribution in [2.24, 2.45) is 0 Å². The lowest BCUT2D eigenvalue weighted by Crippen LogP contribution is -2.53. The zero-order valence-corrected chi connectivity index (χ0v) is 22.7. The molecule has 0 aromatic heterocycles. The van der Waals surface area contributed by atoms with Gasteiger partial charge in [-0.2, -0.15) is 0 Å². The van der Waals surface area contributed by atoms with Crippen molar-refractivity contribution in [2.75, 3.05) is 6.61 Å². The molecule has 3 aromatic rings. The van der Waals surface area contributed by atoms with Gasteiger partial charge in [0.25, 0.3) is 5.91 Å². The Morgan fingerprint density at radius 1 is 1.03 bits per heavy atom. The first-order valence-corrected chi connectivity index (χ1v) is 13.5. The van der Waals surface area contributed by atoms with E-state index in [-0.39, 0.29) is 36.8 Å². The third-order valence-electron chi connectivity index (χ3n) is 6.48. The predicted molar refractivity (Wildman–Crippen MR) is 146 cm³/mol. The monoisotopic (exact) mass is 586 g/mol. The summed E-state index contributed by atoms with van der Waals surface area (Å²) in [6.07, 6.45) is 4.36. The number of benzene rings is 3. The average Bonchev–Trinajstić information content (AvgIpc) is 3.40. The lowest BCUT2D eigenvalue weighted by Gasteiger charge is -2.32. The van der Waals surface area contributed by atoms with Gasteiger partial charge < -0.3 is 15.0 Å². The topological polar surface area (TPSA) is 58.6 Å². The maximum atomic E-state index is 13.6. The van der Waals surface area contributed by atoms with Crippen LogP contribution in [-0.4, -0.2) is 35.4 Å². The van der Waals surface area contributed by atoms with Crippen molar-refractivity contribution in [3.05, 3.63) is 99.2 Å². The van der Waals surface area contributed by atoms with Gasteiger partial charge in [-0.1, -0.05) is 82.8 Å². The van der Waals surface area contributed by atoms with Crippen LogP contribution in [0.5, 0.6) is 5.75 Å². The Morgan fingerprint density at radius 2 is 1.73 bits per heavy atom. The molecule has 5 nitrogen and oxygen atoms in total. The maximum absolute atomic E-state index is 13.6. The second-order valence-electron chi connectivity index (χ2n) is 9.21. The SMILES string of the molecule is O=C(NC1CCCC1)C(Cc1ccccc1)N(Cc1ccc(F)cc1)C(=O)COc1ccc(Br)cc1Cl. The van der Waals surface area contributed by atoms with Crippen LogP contribution in [0.25, 0.3) is 0 Å². The quantitative estimate of drug-likeness (QED) is 0.302. The molecule has 0 aliphatic heterocycles. The number of ether oxygens (including phenoxy) is 1. The molecule has 1 N–H and O–H groups in total. The first-order valence-electron chi connectivity index (χ1n) is 12.3. The Labute approximate surface area is 230 Å². The van der Waals surface area contributed by atoms with Gasteiger partial charge in [0, 0.05) is 23.5 Å². The van der Waals surface area contributed by atoms with E-state index < -0.39 is 6.04 Å². The van der Waals surface area contributed by atoms with Gasteiger partial charge >= 0.3 is 0 Å². The summed E-state index contributed by atoms with van der Waals surface area (Å²) in [4.78, 5) is 28.8. The van der Waals surface area contributed by atoms with Crippen LogP contribution >= 0.6 is 27.5 Å². The number of amides is 2. The number of hydrogen-bond acceptors (Lipinski definition) is 3. The van der Waals surface area contributed by atoms with Crippen molar-refractivity contribution >= 4 is 39.3 Å². The fraction of sp³-hybridized carbons (Fsp3) is 0.310. The van der Waals surface area contributed by atoms with Gasteiger partial charge in [-0.15, -0.1) is 0 Å². The summed E-state index contributed by atoms with van der Waals surface area (Å²) >= 11 is 9.63. The lowest BCUT2D eigenvalue weighted by molar-refractivity contribution is -0.143. The summed E-state index contributed by atoms with van der Waals surface area (Å²) < 4.78 is 20.1. The molecule has 3 aromatic carbocycles. The molecule has 0 spiro atoms. The number of halogens is 3. The van der Waals surface area contributed by atoms with Gasteiger partial charge in [-0.25, -0.2) is 4.39 Å². The van der Waals surface area contributed by atoms with Gasteiger partial charge in [0.15, 0.2) is 6.61 Å². The molecule has 8 heteroatoms. The highest BCUT2D eigenvalue weighted by molar-refractivity contribution is 9.10. The van der Waals surface area contributed by atoms with Gasteiger partial charge in [0.1, 0.15) is 17.6 Å². The Morgan fingerprint density at radius 3 is 2.41 bits per heavy atom. The molecule has 4 rings (SSSR count). The summed E-state index contributed by atoms with van der Waals surface area (Å²) in [7, 11) is 0. The molecule has 37 heavy (non-hydrogen) atoms. The van der Waals surface area contributed by atoms with E-state index in [1.807, 2.05) is 30.3 Å². The van der Waals surface area contributed by atoms with Gasteiger partial charge in [-0.05, 0) is 54.3 Å². The molecule has 0 bridgehead atoms. The molecule has 1 aliphatic rings. The van der Waals surface area contributed by atoms with Crippen LogP contribution in [0.1, 0.15) is 36.8 Å². The van der Waals surface area contributed by atoms with Crippen molar-refractivity contribution in [3.63, 3.8) is 0 Å².